The molecule has 0 N–H and O–H groups in total. The molecule has 1 aromatic heterocycles. The predicted molar refractivity (Wildman–Crippen MR) is 227 cm³/mol. The van der Waals surface area contributed by atoms with Gasteiger partial charge in [0.1, 0.15) is 0 Å². The van der Waals surface area contributed by atoms with Crippen LogP contribution in [0.2, 0.25) is 0 Å². The Morgan fingerprint density at radius 1 is 0.453 bits per heavy atom. The highest BCUT2D eigenvalue weighted by Gasteiger charge is 2.23. The molecule has 0 bridgehead atoms. The largest absolute Gasteiger partial charge is 0.256 e. The zero-order valence-corrected chi connectivity index (χ0v) is 30.2. The summed E-state index contributed by atoms with van der Waals surface area (Å²) in [7, 11) is 0. The zero-order chi connectivity index (χ0) is 35.3. The third-order valence-corrected chi connectivity index (χ3v) is 11.8. The van der Waals surface area contributed by atoms with Crippen LogP contribution in [0.25, 0.3) is 71.9 Å². The molecule has 0 radical (unpaired) electrons. The summed E-state index contributed by atoms with van der Waals surface area (Å²) in [4.78, 5) is 4.97. The molecule has 0 atom stereocenters. The second kappa shape index (κ2) is 13.2. The van der Waals surface area contributed by atoms with Crippen molar-refractivity contribution in [3.8, 4) is 11.3 Å². The van der Waals surface area contributed by atoms with E-state index in [9.17, 15) is 0 Å². The number of rotatable bonds is 5. The first-order chi connectivity index (χ1) is 26.2. The molecule has 0 saturated heterocycles. The zero-order valence-electron chi connectivity index (χ0n) is 30.2. The van der Waals surface area contributed by atoms with Crippen LogP contribution in [0.1, 0.15) is 67.7 Å². The van der Waals surface area contributed by atoms with Crippen molar-refractivity contribution in [2.75, 3.05) is 0 Å². The molecule has 0 unspecified atom stereocenters. The summed E-state index contributed by atoms with van der Waals surface area (Å²) in [5.41, 5.74) is 14.8. The van der Waals surface area contributed by atoms with Crippen LogP contribution in [0.4, 0.5) is 0 Å². The van der Waals surface area contributed by atoms with Gasteiger partial charge in [0.15, 0.2) is 0 Å². The van der Waals surface area contributed by atoms with Crippen molar-refractivity contribution < 1.29 is 0 Å². The van der Waals surface area contributed by atoms with Gasteiger partial charge in [-0.05, 0) is 133 Å². The summed E-state index contributed by atoms with van der Waals surface area (Å²) in [6, 6.07) is 44.8. The molecule has 254 valence electrons. The number of fused-ring (bicyclic) bond motifs is 4. The third kappa shape index (κ3) is 5.42. The Morgan fingerprint density at radius 3 is 1.77 bits per heavy atom. The molecule has 0 amide bonds. The molecule has 6 aromatic carbocycles. The summed E-state index contributed by atoms with van der Waals surface area (Å²) < 4.78 is 0. The molecule has 0 saturated carbocycles. The lowest BCUT2D eigenvalue weighted by atomic mass is 9.80. The standard InChI is InChI=1S/C52H41N/c1-34-25-27-36(28-26-34)39-19-9-21-43-42(39)20-10-22-44(43)51-47-17-6-4-15-45(47)50(46-16-5-7-18-48(46)51)38-31-29-37(30-32-38)41-24-11-33-53-52(41)49-23-8-13-35-12-2-3-14-40(35)49/h2-9,11-21,23-25,27,29,31,33H,10,22,26,28,30,32H2,1H3. The molecule has 1 heterocycles. The van der Waals surface area contributed by atoms with Gasteiger partial charge in [-0.25, -0.2) is 0 Å². The maximum atomic E-state index is 4.97. The Labute approximate surface area is 311 Å². The Balaban J connectivity index is 1.14. The average Bonchev–Trinajstić information content (AvgIpc) is 3.22. The van der Waals surface area contributed by atoms with Gasteiger partial charge in [0, 0.05) is 17.3 Å². The number of benzene rings is 6. The van der Waals surface area contributed by atoms with Crippen molar-refractivity contribution in [1.82, 2.24) is 4.98 Å². The van der Waals surface area contributed by atoms with E-state index in [2.05, 4.69) is 159 Å². The quantitative estimate of drug-likeness (QED) is 0.165. The van der Waals surface area contributed by atoms with Crippen molar-refractivity contribution in [3.05, 3.63) is 190 Å². The van der Waals surface area contributed by atoms with E-state index in [1.165, 1.54) is 98.4 Å². The van der Waals surface area contributed by atoms with Crippen molar-refractivity contribution in [1.29, 1.82) is 0 Å². The highest BCUT2D eigenvalue weighted by atomic mass is 14.7. The SMILES string of the molecule is CC1=CC=C(c2cccc3c2=CCCC=3c2c3ccccc3c(C3=CC=C(c4cccnc4-c4cccc5ccccc45)CC3)c3ccccc23)CC1. The Kier molecular flexibility index (Phi) is 7.87. The van der Waals surface area contributed by atoms with Gasteiger partial charge in [0.25, 0.3) is 0 Å². The van der Waals surface area contributed by atoms with Crippen LogP contribution in [-0.4, -0.2) is 4.98 Å². The molecule has 3 aliphatic carbocycles. The minimum absolute atomic E-state index is 0.966. The summed E-state index contributed by atoms with van der Waals surface area (Å²) in [6.07, 6.45) is 20.1. The maximum absolute atomic E-state index is 4.97. The van der Waals surface area contributed by atoms with Crippen molar-refractivity contribution >= 4 is 60.7 Å². The fourth-order valence-electron chi connectivity index (χ4n) is 9.23. The van der Waals surface area contributed by atoms with E-state index in [0.717, 1.165) is 44.2 Å². The number of hydrogen-bond acceptors (Lipinski definition) is 1. The molecule has 7 aromatic rings. The fourth-order valence-corrected chi connectivity index (χ4v) is 9.23. The van der Waals surface area contributed by atoms with E-state index in [1.54, 1.807) is 0 Å². The van der Waals surface area contributed by atoms with Crippen LogP contribution < -0.4 is 10.4 Å². The van der Waals surface area contributed by atoms with Crippen LogP contribution in [0, 0.1) is 0 Å². The lowest BCUT2D eigenvalue weighted by Gasteiger charge is -2.24. The first-order valence-electron chi connectivity index (χ1n) is 19.2. The van der Waals surface area contributed by atoms with Crippen LogP contribution in [0.5, 0.6) is 0 Å². The first kappa shape index (κ1) is 31.7. The maximum Gasteiger partial charge on any atom is 0.0783 e. The highest BCUT2D eigenvalue weighted by Crippen LogP contribution is 2.44. The van der Waals surface area contributed by atoms with E-state index in [4.69, 9.17) is 4.98 Å². The molecule has 1 heteroatoms. The molecular weight excluding hydrogens is 639 g/mol. The number of hydrogen-bond donors (Lipinski definition) is 0. The van der Waals surface area contributed by atoms with E-state index in [1.807, 2.05) is 6.20 Å². The van der Waals surface area contributed by atoms with Crippen LogP contribution in [0.15, 0.2) is 157 Å². The number of pyridine rings is 1. The average molecular weight is 680 g/mol. The molecule has 3 aliphatic rings. The lowest BCUT2D eigenvalue weighted by Crippen LogP contribution is -2.33. The first-order valence-corrected chi connectivity index (χ1v) is 19.2. The Hall–Kier alpha value is -6.05. The Bertz CT molecular complexity index is 2830. The lowest BCUT2D eigenvalue weighted by molar-refractivity contribution is 0.973. The van der Waals surface area contributed by atoms with Gasteiger partial charge >= 0.3 is 0 Å². The van der Waals surface area contributed by atoms with Crippen molar-refractivity contribution in [2.24, 2.45) is 0 Å². The van der Waals surface area contributed by atoms with Crippen LogP contribution >= 0.6 is 0 Å². The van der Waals surface area contributed by atoms with Crippen molar-refractivity contribution in [2.45, 2.75) is 45.4 Å². The Morgan fingerprint density at radius 2 is 1.04 bits per heavy atom. The summed E-state index contributed by atoms with van der Waals surface area (Å²) in [5, 5.41) is 10.7. The normalized spacial score (nSPS) is 15.8. The fraction of sp³-hybridized carbons (Fsp3) is 0.135. The second-order valence-electron chi connectivity index (χ2n) is 14.8. The van der Waals surface area contributed by atoms with Crippen LogP contribution in [0.3, 0.4) is 0 Å². The predicted octanol–water partition coefficient (Wildman–Crippen LogP) is 12.4. The van der Waals surface area contributed by atoms with Gasteiger partial charge < -0.3 is 0 Å². The van der Waals surface area contributed by atoms with E-state index in [0.29, 0.717) is 0 Å². The number of nitrogens with zero attached hydrogens (tertiary/aromatic N) is 1. The number of aromatic nitrogens is 1. The molecule has 53 heavy (non-hydrogen) atoms. The topological polar surface area (TPSA) is 12.9 Å². The third-order valence-electron chi connectivity index (χ3n) is 11.8. The molecule has 10 rings (SSSR count). The molecule has 0 fully saturated rings. The van der Waals surface area contributed by atoms with E-state index in [-0.39, 0.29) is 0 Å². The smallest absolute Gasteiger partial charge is 0.0783 e. The monoisotopic (exact) mass is 679 g/mol. The molecule has 0 aliphatic heterocycles. The van der Waals surface area contributed by atoms with Crippen LogP contribution in [-0.2, 0) is 0 Å². The molecule has 0 spiro atoms. The van der Waals surface area contributed by atoms with Gasteiger partial charge in [-0.3, -0.25) is 4.98 Å². The summed E-state index contributed by atoms with van der Waals surface area (Å²) >= 11 is 0. The van der Waals surface area contributed by atoms with Gasteiger partial charge in [-0.15, -0.1) is 0 Å². The van der Waals surface area contributed by atoms with Crippen molar-refractivity contribution in [3.63, 3.8) is 0 Å². The minimum Gasteiger partial charge on any atom is -0.256 e. The summed E-state index contributed by atoms with van der Waals surface area (Å²) in [5.74, 6) is 0. The van der Waals surface area contributed by atoms with E-state index < -0.39 is 0 Å². The van der Waals surface area contributed by atoms with Gasteiger partial charge in [0.05, 0.1) is 5.69 Å². The number of allylic oxidation sites excluding steroid dienone is 8. The molecule has 1 nitrogen and oxygen atoms in total. The minimum atomic E-state index is 0.966. The van der Waals surface area contributed by atoms with E-state index >= 15 is 0 Å². The van der Waals surface area contributed by atoms with Gasteiger partial charge in [0.2, 0.25) is 0 Å². The summed E-state index contributed by atoms with van der Waals surface area (Å²) in [6.45, 7) is 2.24. The highest BCUT2D eigenvalue weighted by molar-refractivity contribution is 6.16. The van der Waals surface area contributed by atoms with Gasteiger partial charge in [-0.2, -0.15) is 0 Å². The molecular formula is C52H41N. The van der Waals surface area contributed by atoms with Gasteiger partial charge in [-0.1, -0.05) is 151 Å². The second-order valence-corrected chi connectivity index (χ2v) is 14.8.